The fraction of sp³-hybridized carbons (Fsp3) is 0.231. The second-order valence-electron chi connectivity index (χ2n) is 4.09. The van der Waals surface area contributed by atoms with E-state index in [2.05, 4.69) is 5.10 Å². The summed E-state index contributed by atoms with van der Waals surface area (Å²) in [6.07, 6.45) is 2.00. The molecular formula is C13H12ClFN2O. The van der Waals surface area contributed by atoms with Crippen molar-refractivity contribution >= 4 is 17.4 Å². The Balaban J connectivity index is 2.05. The number of carbonyl (C=O) groups excluding carboxylic acids is 1. The van der Waals surface area contributed by atoms with Crippen LogP contribution in [0.4, 0.5) is 4.39 Å². The third kappa shape index (κ3) is 2.96. The van der Waals surface area contributed by atoms with Gasteiger partial charge in [0.1, 0.15) is 11.6 Å². The highest BCUT2D eigenvalue weighted by Gasteiger charge is 2.12. The quantitative estimate of drug-likeness (QED) is 0.852. The molecule has 94 valence electrons. The molecule has 1 aromatic carbocycles. The summed E-state index contributed by atoms with van der Waals surface area (Å²) in [7, 11) is 1.78. The zero-order chi connectivity index (χ0) is 13.1. The van der Waals surface area contributed by atoms with Gasteiger partial charge in [-0.2, -0.15) is 5.10 Å². The van der Waals surface area contributed by atoms with Crippen molar-refractivity contribution in [3.63, 3.8) is 0 Å². The van der Waals surface area contributed by atoms with Gasteiger partial charge in [0.05, 0.1) is 17.1 Å². The first-order valence-electron chi connectivity index (χ1n) is 5.49. The molecule has 0 saturated carbocycles. The van der Waals surface area contributed by atoms with E-state index in [1.165, 1.54) is 6.07 Å². The van der Waals surface area contributed by atoms with Gasteiger partial charge in [-0.3, -0.25) is 9.48 Å². The number of hydrogen-bond donors (Lipinski definition) is 0. The summed E-state index contributed by atoms with van der Waals surface area (Å²) < 4.78 is 15.2. The molecular weight excluding hydrogens is 255 g/mol. The Hall–Kier alpha value is -1.68. The van der Waals surface area contributed by atoms with Crippen LogP contribution >= 0.6 is 11.6 Å². The third-order valence-electron chi connectivity index (χ3n) is 2.57. The predicted molar refractivity (Wildman–Crippen MR) is 67.0 cm³/mol. The average molecular weight is 267 g/mol. The third-order valence-corrected chi connectivity index (χ3v) is 2.86. The van der Waals surface area contributed by atoms with E-state index < -0.39 is 5.82 Å². The van der Waals surface area contributed by atoms with Crippen molar-refractivity contribution in [2.75, 3.05) is 0 Å². The standard InChI is InChI=1S/C13H12ClFN2O/c1-17-6-5-10(16-17)8-11(18)7-9-3-2-4-12(14)13(9)15/h2-6H,7-8H2,1H3. The van der Waals surface area contributed by atoms with Gasteiger partial charge in [0.2, 0.25) is 0 Å². The van der Waals surface area contributed by atoms with Crippen LogP contribution in [0.3, 0.4) is 0 Å². The van der Waals surface area contributed by atoms with Gasteiger partial charge in [0.15, 0.2) is 0 Å². The molecule has 3 nitrogen and oxygen atoms in total. The fourth-order valence-electron chi connectivity index (χ4n) is 1.72. The van der Waals surface area contributed by atoms with Gasteiger partial charge in [-0.1, -0.05) is 23.7 Å². The maximum atomic E-state index is 13.6. The monoisotopic (exact) mass is 266 g/mol. The molecule has 0 amide bonds. The van der Waals surface area contributed by atoms with Gasteiger partial charge < -0.3 is 0 Å². The normalized spacial score (nSPS) is 10.6. The smallest absolute Gasteiger partial charge is 0.145 e. The molecule has 5 heteroatoms. The van der Waals surface area contributed by atoms with Crippen LogP contribution in [0.2, 0.25) is 5.02 Å². The lowest BCUT2D eigenvalue weighted by Gasteiger charge is -2.03. The Kier molecular flexibility index (Phi) is 3.77. The van der Waals surface area contributed by atoms with Crippen molar-refractivity contribution < 1.29 is 9.18 Å². The maximum Gasteiger partial charge on any atom is 0.145 e. The molecule has 1 heterocycles. The van der Waals surface area contributed by atoms with E-state index in [1.54, 1.807) is 36.1 Å². The second-order valence-corrected chi connectivity index (χ2v) is 4.49. The van der Waals surface area contributed by atoms with E-state index >= 15 is 0 Å². The van der Waals surface area contributed by atoms with E-state index in [0.29, 0.717) is 11.3 Å². The molecule has 2 rings (SSSR count). The molecule has 18 heavy (non-hydrogen) atoms. The summed E-state index contributed by atoms with van der Waals surface area (Å²) in [5, 5.41) is 4.15. The van der Waals surface area contributed by atoms with E-state index in [0.717, 1.165) is 0 Å². The topological polar surface area (TPSA) is 34.9 Å². The lowest BCUT2D eigenvalue weighted by molar-refractivity contribution is -0.117. The van der Waals surface area contributed by atoms with Gasteiger partial charge >= 0.3 is 0 Å². The van der Waals surface area contributed by atoms with Crippen LogP contribution in [0.15, 0.2) is 30.5 Å². The van der Waals surface area contributed by atoms with Gasteiger partial charge in [-0.25, -0.2) is 4.39 Å². The molecule has 0 atom stereocenters. The summed E-state index contributed by atoms with van der Waals surface area (Å²) in [6.45, 7) is 0. The molecule has 2 aromatic rings. The minimum Gasteiger partial charge on any atom is -0.299 e. The fourth-order valence-corrected chi connectivity index (χ4v) is 1.91. The Labute approximate surface area is 109 Å². The van der Waals surface area contributed by atoms with Crippen molar-refractivity contribution in [3.05, 3.63) is 52.6 Å². The largest absolute Gasteiger partial charge is 0.299 e. The summed E-state index contributed by atoms with van der Waals surface area (Å²) in [4.78, 5) is 11.8. The van der Waals surface area contributed by atoms with Crippen LogP contribution in [0.5, 0.6) is 0 Å². The van der Waals surface area contributed by atoms with Gasteiger partial charge in [0.25, 0.3) is 0 Å². The molecule has 0 unspecified atom stereocenters. The van der Waals surface area contributed by atoms with Crippen molar-refractivity contribution in [2.24, 2.45) is 7.05 Å². The number of aryl methyl sites for hydroxylation is 1. The molecule has 0 radical (unpaired) electrons. The molecule has 0 aliphatic carbocycles. The minimum absolute atomic E-state index is 0.0307. The predicted octanol–water partition coefficient (Wildman–Crippen LogP) is 2.57. The van der Waals surface area contributed by atoms with Crippen LogP contribution < -0.4 is 0 Å². The van der Waals surface area contributed by atoms with E-state index in [-0.39, 0.29) is 23.6 Å². The van der Waals surface area contributed by atoms with E-state index in [4.69, 9.17) is 11.6 Å². The highest BCUT2D eigenvalue weighted by Crippen LogP contribution is 2.18. The Morgan fingerprint density at radius 3 is 2.83 bits per heavy atom. The average Bonchev–Trinajstić information content (AvgIpc) is 2.70. The van der Waals surface area contributed by atoms with Crippen LogP contribution in [-0.2, 0) is 24.7 Å². The zero-order valence-electron chi connectivity index (χ0n) is 9.86. The van der Waals surface area contributed by atoms with E-state index in [1.807, 2.05) is 0 Å². The molecule has 0 fully saturated rings. The number of Topliss-reactive ketones (excluding diaryl/α,β-unsaturated/α-hetero) is 1. The summed E-state index contributed by atoms with van der Waals surface area (Å²) in [5.41, 5.74) is 1.01. The first kappa shape index (κ1) is 12.8. The van der Waals surface area contributed by atoms with Crippen LogP contribution in [0.1, 0.15) is 11.3 Å². The number of halogens is 2. The number of carbonyl (C=O) groups is 1. The highest BCUT2D eigenvalue weighted by molar-refractivity contribution is 6.30. The maximum absolute atomic E-state index is 13.6. The second kappa shape index (κ2) is 5.31. The Morgan fingerprint density at radius 1 is 1.39 bits per heavy atom. The Morgan fingerprint density at radius 2 is 2.17 bits per heavy atom. The van der Waals surface area contributed by atoms with Gasteiger partial charge in [0, 0.05) is 19.7 Å². The number of rotatable bonds is 4. The number of aromatic nitrogens is 2. The number of ketones is 1. The van der Waals surface area contributed by atoms with Crippen LogP contribution in [-0.4, -0.2) is 15.6 Å². The van der Waals surface area contributed by atoms with E-state index in [9.17, 15) is 9.18 Å². The molecule has 0 N–H and O–H groups in total. The highest BCUT2D eigenvalue weighted by atomic mass is 35.5. The van der Waals surface area contributed by atoms with Crippen molar-refractivity contribution in [1.29, 1.82) is 0 Å². The molecule has 1 aromatic heterocycles. The number of nitrogens with zero attached hydrogens (tertiary/aromatic N) is 2. The molecule has 0 bridgehead atoms. The Bertz CT molecular complexity index is 580. The number of hydrogen-bond acceptors (Lipinski definition) is 2. The molecule has 0 aliphatic heterocycles. The lowest BCUT2D eigenvalue weighted by Crippen LogP contribution is -2.08. The summed E-state index contributed by atoms with van der Waals surface area (Å²) in [6, 6.07) is 6.43. The van der Waals surface area contributed by atoms with Crippen LogP contribution in [0.25, 0.3) is 0 Å². The van der Waals surface area contributed by atoms with Crippen molar-refractivity contribution in [2.45, 2.75) is 12.8 Å². The van der Waals surface area contributed by atoms with Crippen molar-refractivity contribution in [1.82, 2.24) is 9.78 Å². The summed E-state index contributed by atoms with van der Waals surface area (Å²) in [5.74, 6) is -0.608. The first-order chi connectivity index (χ1) is 8.56. The summed E-state index contributed by atoms with van der Waals surface area (Å²) >= 11 is 5.66. The molecule has 0 spiro atoms. The van der Waals surface area contributed by atoms with Gasteiger partial charge in [-0.15, -0.1) is 0 Å². The lowest BCUT2D eigenvalue weighted by atomic mass is 10.1. The van der Waals surface area contributed by atoms with Crippen molar-refractivity contribution in [3.8, 4) is 0 Å². The number of benzene rings is 1. The zero-order valence-corrected chi connectivity index (χ0v) is 10.6. The molecule has 0 saturated heterocycles. The van der Waals surface area contributed by atoms with Gasteiger partial charge in [-0.05, 0) is 17.7 Å². The SMILES string of the molecule is Cn1ccc(CC(=O)Cc2cccc(Cl)c2F)n1. The minimum atomic E-state index is -0.520. The first-order valence-corrected chi connectivity index (χ1v) is 5.87. The van der Waals surface area contributed by atoms with Crippen LogP contribution in [0, 0.1) is 5.82 Å². The molecule has 0 aliphatic rings.